The van der Waals surface area contributed by atoms with Crippen LogP contribution in [0.1, 0.15) is 27.7 Å². The highest BCUT2D eigenvalue weighted by atomic mass is 31.1. The van der Waals surface area contributed by atoms with Crippen molar-refractivity contribution in [3.05, 3.63) is 121 Å². The number of rotatable bonds is 2. The lowest BCUT2D eigenvalue weighted by atomic mass is 10.1. The van der Waals surface area contributed by atoms with Crippen molar-refractivity contribution in [2.75, 3.05) is 10.6 Å². The van der Waals surface area contributed by atoms with Gasteiger partial charge in [0.05, 0.1) is 0 Å². The van der Waals surface area contributed by atoms with Crippen molar-refractivity contribution >= 4 is 81.4 Å². The Morgan fingerprint density at radius 2 is 0.714 bits per heavy atom. The second kappa shape index (κ2) is 11.2. The third-order valence-corrected chi connectivity index (χ3v) is 13.8. The van der Waals surface area contributed by atoms with Crippen LogP contribution in [0.25, 0.3) is 21.5 Å². The summed E-state index contributed by atoms with van der Waals surface area (Å²) in [7, 11) is -1.37. The van der Waals surface area contributed by atoms with Crippen LogP contribution in [0, 0.1) is 0 Å². The van der Waals surface area contributed by atoms with E-state index in [0.717, 1.165) is 0 Å². The van der Waals surface area contributed by atoms with Crippen LogP contribution in [0.4, 0.5) is 22.7 Å². The molecule has 1 heterocycles. The van der Waals surface area contributed by atoms with E-state index in [9.17, 15) is 0 Å². The molecular formula is C38H36N2P2. The summed E-state index contributed by atoms with van der Waals surface area (Å²) in [5.41, 5.74) is 5.75. The third-order valence-electron chi connectivity index (χ3n) is 8.15. The van der Waals surface area contributed by atoms with Gasteiger partial charge in [0, 0.05) is 44.0 Å². The van der Waals surface area contributed by atoms with E-state index in [4.69, 9.17) is 0 Å². The van der Waals surface area contributed by atoms with E-state index in [1.807, 2.05) is 0 Å². The summed E-state index contributed by atoms with van der Waals surface area (Å²) in [6, 6.07) is 45.2. The molecule has 208 valence electrons. The Kier molecular flexibility index (Phi) is 7.23. The van der Waals surface area contributed by atoms with E-state index in [0.29, 0.717) is 11.3 Å². The lowest BCUT2D eigenvalue weighted by molar-refractivity contribution is 1.10. The average molecular weight is 583 g/mol. The van der Waals surface area contributed by atoms with Gasteiger partial charge in [-0.1, -0.05) is 113 Å². The highest BCUT2D eigenvalue weighted by Crippen LogP contribution is 2.48. The summed E-state index contributed by atoms with van der Waals surface area (Å²) in [5, 5.41) is 18.8. The molecule has 0 radical (unpaired) electrons. The van der Waals surface area contributed by atoms with Crippen molar-refractivity contribution < 1.29 is 0 Å². The topological polar surface area (TPSA) is 24.1 Å². The van der Waals surface area contributed by atoms with Gasteiger partial charge in [-0.2, -0.15) is 0 Å². The van der Waals surface area contributed by atoms with Crippen LogP contribution in [-0.2, 0) is 0 Å². The zero-order chi connectivity index (χ0) is 28.8. The van der Waals surface area contributed by atoms with E-state index < -0.39 is 15.8 Å². The maximum absolute atomic E-state index is 4.03. The molecule has 0 aliphatic carbocycles. The molecule has 0 fully saturated rings. The standard InChI is InChI=1S/C38H36N2P2/c1-25(2)41-35-19-11-9-17-31(35)39-34-22-28-14-6-8-16-30(28)24-38(34)42(26(3)4)36-20-12-10-18-32(36)40-33-21-27-13-5-7-15-29(27)23-37(33)41/h5-26,39-40H,1-4H3. The largest absolute Gasteiger partial charge is 0.354 e. The lowest BCUT2D eigenvalue weighted by Crippen LogP contribution is -2.27. The third kappa shape index (κ3) is 4.88. The normalized spacial score (nSPS) is 16.4. The lowest BCUT2D eigenvalue weighted by Gasteiger charge is -2.32. The Morgan fingerprint density at radius 3 is 1.10 bits per heavy atom. The van der Waals surface area contributed by atoms with Gasteiger partial charge in [-0.25, -0.2) is 0 Å². The molecule has 7 rings (SSSR count). The number of hydrogen-bond donors (Lipinski definition) is 2. The first-order valence-corrected chi connectivity index (χ1v) is 17.7. The molecule has 2 atom stereocenters. The summed E-state index contributed by atoms with van der Waals surface area (Å²) in [6.45, 7) is 9.50. The van der Waals surface area contributed by atoms with Crippen LogP contribution >= 0.6 is 15.8 Å². The van der Waals surface area contributed by atoms with Gasteiger partial charge in [-0.05, 0) is 85.1 Å². The SMILES string of the molecule is CC(C)P1c2ccccc2Nc2cc3ccccc3cc2P(C(C)C)c2ccccc2Nc2cc3ccccc3cc21. The van der Waals surface area contributed by atoms with Crippen molar-refractivity contribution in [2.45, 2.75) is 39.0 Å². The number of anilines is 4. The number of hydrogen-bond acceptors (Lipinski definition) is 2. The molecule has 6 aromatic carbocycles. The van der Waals surface area contributed by atoms with Crippen LogP contribution < -0.4 is 31.9 Å². The van der Waals surface area contributed by atoms with Gasteiger partial charge in [0.15, 0.2) is 0 Å². The van der Waals surface area contributed by atoms with Gasteiger partial charge in [-0.15, -0.1) is 0 Å². The van der Waals surface area contributed by atoms with Crippen LogP contribution in [0.3, 0.4) is 0 Å². The predicted molar refractivity (Wildman–Crippen MR) is 190 cm³/mol. The summed E-state index contributed by atoms with van der Waals surface area (Å²) in [6.07, 6.45) is 0. The molecule has 2 unspecified atom stereocenters. The molecule has 0 amide bonds. The highest BCUT2D eigenvalue weighted by molar-refractivity contribution is 7.74. The Bertz CT molecular complexity index is 1790. The summed E-state index contributed by atoms with van der Waals surface area (Å²) >= 11 is 0. The fourth-order valence-electron chi connectivity index (χ4n) is 6.30. The molecule has 0 aromatic heterocycles. The Morgan fingerprint density at radius 1 is 0.381 bits per heavy atom. The van der Waals surface area contributed by atoms with Crippen molar-refractivity contribution in [3.8, 4) is 0 Å². The van der Waals surface area contributed by atoms with Gasteiger partial charge in [0.25, 0.3) is 0 Å². The molecule has 0 bridgehead atoms. The minimum Gasteiger partial charge on any atom is -0.354 e. The molecule has 1 aliphatic rings. The van der Waals surface area contributed by atoms with Crippen LogP contribution in [0.2, 0.25) is 0 Å². The Hall–Kier alpha value is -3.70. The quantitative estimate of drug-likeness (QED) is 0.199. The molecule has 2 N–H and O–H groups in total. The van der Waals surface area contributed by atoms with E-state index in [1.54, 1.807) is 0 Å². The first-order valence-electron chi connectivity index (χ1n) is 14.8. The van der Waals surface area contributed by atoms with Crippen molar-refractivity contribution in [3.63, 3.8) is 0 Å². The molecule has 1 aliphatic heterocycles. The molecule has 4 heteroatoms. The first-order chi connectivity index (χ1) is 20.5. The molecule has 6 aromatic rings. The fraction of sp³-hybridized carbons (Fsp3) is 0.158. The smallest absolute Gasteiger partial charge is 0.0472 e. The molecule has 2 nitrogen and oxygen atoms in total. The maximum Gasteiger partial charge on any atom is 0.0472 e. The van der Waals surface area contributed by atoms with Gasteiger partial charge in [-0.3, -0.25) is 0 Å². The van der Waals surface area contributed by atoms with Crippen LogP contribution in [-0.4, -0.2) is 11.3 Å². The van der Waals surface area contributed by atoms with Crippen LogP contribution in [0.15, 0.2) is 121 Å². The van der Waals surface area contributed by atoms with Crippen LogP contribution in [0.5, 0.6) is 0 Å². The molecule has 0 spiro atoms. The predicted octanol–water partition coefficient (Wildman–Crippen LogP) is 9.48. The van der Waals surface area contributed by atoms with Crippen molar-refractivity contribution in [1.29, 1.82) is 0 Å². The number of fused-ring (bicyclic) bond motifs is 6. The molecule has 42 heavy (non-hydrogen) atoms. The molecule has 0 saturated heterocycles. The number of nitrogens with one attached hydrogen (secondary N) is 2. The highest BCUT2D eigenvalue weighted by Gasteiger charge is 2.29. The van der Waals surface area contributed by atoms with Gasteiger partial charge in [0.2, 0.25) is 0 Å². The van der Waals surface area contributed by atoms with E-state index >= 15 is 0 Å². The van der Waals surface area contributed by atoms with E-state index in [1.165, 1.54) is 65.5 Å². The zero-order valence-corrected chi connectivity index (χ0v) is 26.4. The van der Waals surface area contributed by atoms with Gasteiger partial charge < -0.3 is 10.6 Å². The summed E-state index contributed by atoms with van der Waals surface area (Å²) < 4.78 is 0. The van der Waals surface area contributed by atoms with E-state index in [-0.39, 0.29) is 0 Å². The van der Waals surface area contributed by atoms with E-state index in [2.05, 4.69) is 160 Å². The number of benzene rings is 6. The van der Waals surface area contributed by atoms with Crippen molar-refractivity contribution in [1.82, 2.24) is 0 Å². The minimum atomic E-state index is -0.685. The zero-order valence-electron chi connectivity index (χ0n) is 24.6. The van der Waals surface area contributed by atoms with Gasteiger partial charge >= 0.3 is 0 Å². The van der Waals surface area contributed by atoms with Gasteiger partial charge in [0.1, 0.15) is 0 Å². The first kappa shape index (κ1) is 27.2. The summed E-state index contributed by atoms with van der Waals surface area (Å²) in [4.78, 5) is 0. The monoisotopic (exact) mass is 582 g/mol. The average Bonchev–Trinajstić information content (AvgIpc) is 2.98. The second-order valence-electron chi connectivity index (χ2n) is 11.6. The Labute approximate surface area is 251 Å². The minimum absolute atomic E-state index is 0.451. The number of para-hydroxylation sites is 2. The van der Waals surface area contributed by atoms with Crippen molar-refractivity contribution in [2.24, 2.45) is 0 Å². The summed E-state index contributed by atoms with van der Waals surface area (Å²) in [5.74, 6) is 0. The molecule has 0 saturated carbocycles. The second-order valence-corrected chi connectivity index (χ2v) is 17.1. The fourth-order valence-corrected chi connectivity index (χ4v) is 11.6. The Balaban J connectivity index is 1.58. The maximum atomic E-state index is 4.03. The molecular weight excluding hydrogens is 546 g/mol.